The largest absolute Gasteiger partial charge is 0.463 e. The van der Waals surface area contributed by atoms with Crippen LogP contribution in [-0.4, -0.2) is 15.9 Å². The molecular formula is C19H19N3O2. The molecule has 5 nitrogen and oxygen atoms in total. The summed E-state index contributed by atoms with van der Waals surface area (Å²) in [6.07, 6.45) is 5.99. The van der Waals surface area contributed by atoms with Crippen molar-refractivity contribution in [1.82, 2.24) is 15.3 Å². The van der Waals surface area contributed by atoms with Gasteiger partial charge in [0, 0.05) is 18.8 Å². The molecule has 0 radical (unpaired) electrons. The normalized spacial score (nSPS) is 10.5. The highest BCUT2D eigenvalue weighted by Gasteiger charge is 2.11. The van der Waals surface area contributed by atoms with E-state index in [0.29, 0.717) is 30.1 Å². The van der Waals surface area contributed by atoms with Gasteiger partial charge in [-0.15, -0.1) is 0 Å². The Bertz CT molecular complexity index is 813. The first-order valence-electron chi connectivity index (χ1n) is 7.89. The molecular weight excluding hydrogens is 302 g/mol. The quantitative estimate of drug-likeness (QED) is 0.756. The van der Waals surface area contributed by atoms with Crippen LogP contribution >= 0.6 is 0 Å². The lowest BCUT2D eigenvalue weighted by Crippen LogP contribution is -2.24. The smallest absolute Gasteiger partial charge is 0.220 e. The van der Waals surface area contributed by atoms with Crippen LogP contribution in [0.1, 0.15) is 23.2 Å². The molecule has 0 aliphatic carbocycles. The zero-order valence-electron chi connectivity index (χ0n) is 13.5. The second kappa shape index (κ2) is 7.55. The van der Waals surface area contributed by atoms with Crippen LogP contribution in [0.2, 0.25) is 0 Å². The lowest BCUT2D eigenvalue weighted by atomic mass is 10.0. The molecule has 3 aromatic rings. The molecule has 1 aromatic carbocycles. The molecule has 3 rings (SSSR count). The van der Waals surface area contributed by atoms with Gasteiger partial charge in [-0.25, -0.2) is 4.98 Å². The van der Waals surface area contributed by atoms with E-state index in [-0.39, 0.29) is 5.91 Å². The fourth-order valence-electron chi connectivity index (χ4n) is 2.52. The number of nitrogens with one attached hydrogen (secondary N) is 1. The monoisotopic (exact) mass is 321 g/mol. The molecule has 0 unspecified atom stereocenters. The average Bonchev–Trinajstić information content (AvgIpc) is 3.14. The number of aromatic nitrogens is 2. The average molecular weight is 321 g/mol. The minimum Gasteiger partial charge on any atom is -0.463 e. The molecule has 24 heavy (non-hydrogen) atoms. The zero-order chi connectivity index (χ0) is 16.8. The molecule has 0 spiro atoms. The van der Waals surface area contributed by atoms with Crippen LogP contribution in [0.25, 0.3) is 11.5 Å². The van der Waals surface area contributed by atoms with Crippen LogP contribution < -0.4 is 5.32 Å². The predicted octanol–water partition coefficient (Wildman–Crippen LogP) is 3.29. The Morgan fingerprint density at radius 1 is 1.12 bits per heavy atom. The number of hydrogen-bond acceptors (Lipinski definition) is 4. The van der Waals surface area contributed by atoms with Gasteiger partial charge < -0.3 is 9.73 Å². The number of furan rings is 1. The molecule has 0 fully saturated rings. The molecule has 1 amide bonds. The van der Waals surface area contributed by atoms with Gasteiger partial charge >= 0.3 is 0 Å². The molecule has 1 N–H and O–H groups in total. The summed E-state index contributed by atoms with van der Waals surface area (Å²) in [6.45, 7) is 2.39. The summed E-state index contributed by atoms with van der Waals surface area (Å²) in [6, 6.07) is 11.7. The van der Waals surface area contributed by atoms with Crippen LogP contribution in [0.5, 0.6) is 0 Å². The van der Waals surface area contributed by atoms with Crippen LogP contribution in [-0.2, 0) is 17.8 Å². The topological polar surface area (TPSA) is 68.0 Å². The Labute approximate surface area is 140 Å². The Hall–Kier alpha value is -2.95. The van der Waals surface area contributed by atoms with E-state index in [2.05, 4.69) is 34.3 Å². The van der Waals surface area contributed by atoms with Crippen LogP contribution in [0.15, 0.2) is 59.5 Å². The van der Waals surface area contributed by atoms with Gasteiger partial charge in [-0.1, -0.05) is 24.3 Å². The maximum atomic E-state index is 12.1. The number of carbonyl (C=O) groups excluding carboxylic acids is 1. The molecule has 0 bridgehead atoms. The van der Waals surface area contributed by atoms with E-state index in [9.17, 15) is 4.79 Å². The van der Waals surface area contributed by atoms with Gasteiger partial charge in [0.1, 0.15) is 5.69 Å². The summed E-state index contributed by atoms with van der Waals surface area (Å²) in [5.41, 5.74) is 3.75. The number of aryl methyl sites for hydroxylation is 2. The van der Waals surface area contributed by atoms with Gasteiger partial charge in [-0.3, -0.25) is 9.78 Å². The van der Waals surface area contributed by atoms with E-state index >= 15 is 0 Å². The lowest BCUT2D eigenvalue weighted by Gasteiger charge is -2.08. The Morgan fingerprint density at radius 2 is 1.96 bits per heavy atom. The Kier molecular flexibility index (Phi) is 5.01. The van der Waals surface area contributed by atoms with E-state index in [1.54, 1.807) is 24.7 Å². The van der Waals surface area contributed by atoms with Crippen molar-refractivity contribution in [1.29, 1.82) is 0 Å². The Morgan fingerprint density at radius 3 is 2.75 bits per heavy atom. The third-order valence-electron chi connectivity index (χ3n) is 3.86. The van der Waals surface area contributed by atoms with Crippen molar-refractivity contribution in [3.05, 3.63) is 71.9 Å². The first kappa shape index (κ1) is 15.9. The van der Waals surface area contributed by atoms with E-state index in [1.165, 1.54) is 11.1 Å². The fraction of sp³-hybridized carbons (Fsp3) is 0.211. The highest BCUT2D eigenvalue weighted by Crippen LogP contribution is 2.19. The summed E-state index contributed by atoms with van der Waals surface area (Å²) in [4.78, 5) is 20.7. The van der Waals surface area contributed by atoms with Crippen molar-refractivity contribution in [3.63, 3.8) is 0 Å². The highest BCUT2D eigenvalue weighted by atomic mass is 16.3. The van der Waals surface area contributed by atoms with Gasteiger partial charge in [0.25, 0.3) is 0 Å². The minimum absolute atomic E-state index is 0.00528. The van der Waals surface area contributed by atoms with E-state index in [1.807, 2.05) is 18.2 Å². The van der Waals surface area contributed by atoms with Gasteiger partial charge in [0.15, 0.2) is 5.76 Å². The molecule has 0 atom stereocenters. The molecule has 0 aliphatic heterocycles. The third kappa shape index (κ3) is 3.87. The van der Waals surface area contributed by atoms with E-state index < -0.39 is 0 Å². The van der Waals surface area contributed by atoms with Crippen molar-refractivity contribution in [2.45, 2.75) is 26.3 Å². The number of amides is 1. The van der Waals surface area contributed by atoms with Crippen molar-refractivity contribution in [2.75, 3.05) is 0 Å². The number of nitrogens with zero attached hydrogens (tertiary/aromatic N) is 2. The van der Waals surface area contributed by atoms with Gasteiger partial charge in [0.2, 0.25) is 5.91 Å². The summed E-state index contributed by atoms with van der Waals surface area (Å²) < 4.78 is 5.37. The highest BCUT2D eigenvalue weighted by molar-refractivity contribution is 5.76. The lowest BCUT2D eigenvalue weighted by molar-refractivity contribution is -0.121. The maximum absolute atomic E-state index is 12.1. The van der Waals surface area contributed by atoms with Gasteiger partial charge in [-0.05, 0) is 36.6 Å². The summed E-state index contributed by atoms with van der Waals surface area (Å²) >= 11 is 0. The third-order valence-corrected chi connectivity index (χ3v) is 3.86. The van der Waals surface area contributed by atoms with Crippen molar-refractivity contribution < 1.29 is 9.21 Å². The number of benzene rings is 1. The molecule has 122 valence electrons. The first-order valence-corrected chi connectivity index (χ1v) is 7.89. The molecule has 5 heteroatoms. The van der Waals surface area contributed by atoms with Gasteiger partial charge in [-0.2, -0.15) is 0 Å². The summed E-state index contributed by atoms with van der Waals surface area (Å²) in [7, 11) is 0. The molecule has 2 heterocycles. The van der Waals surface area contributed by atoms with Crippen LogP contribution in [0.3, 0.4) is 0 Å². The van der Waals surface area contributed by atoms with Crippen molar-refractivity contribution in [2.24, 2.45) is 0 Å². The van der Waals surface area contributed by atoms with Crippen molar-refractivity contribution >= 4 is 5.91 Å². The van der Waals surface area contributed by atoms with Crippen LogP contribution in [0, 0.1) is 6.92 Å². The number of carbonyl (C=O) groups is 1. The van der Waals surface area contributed by atoms with Gasteiger partial charge in [0.05, 0.1) is 18.5 Å². The number of hydrogen-bond donors (Lipinski definition) is 1. The Balaban J connectivity index is 1.58. The molecule has 2 aromatic heterocycles. The standard InChI is InChI=1S/C19H19N3O2/c1-14-5-2-3-6-15(14)8-9-18(23)22-13-16-19(21-11-10-20-16)17-7-4-12-24-17/h2-7,10-12H,8-9,13H2,1H3,(H,22,23). The fourth-order valence-corrected chi connectivity index (χ4v) is 2.52. The molecule has 0 saturated carbocycles. The van der Waals surface area contributed by atoms with E-state index in [4.69, 9.17) is 4.42 Å². The molecule has 0 saturated heterocycles. The second-order valence-corrected chi connectivity index (χ2v) is 5.53. The first-order chi connectivity index (χ1) is 11.7. The zero-order valence-corrected chi connectivity index (χ0v) is 13.5. The SMILES string of the molecule is Cc1ccccc1CCC(=O)NCc1nccnc1-c1ccco1. The maximum Gasteiger partial charge on any atom is 0.220 e. The van der Waals surface area contributed by atoms with E-state index in [0.717, 1.165) is 6.42 Å². The van der Waals surface area contributed by atoms with Crippen LogP contribution in [0.4, 0.5) is 0 Å². The summed E-state index contributed by atoms with van der Waals surface area (Å²) in [5.74, 6) is 0.640. The number of rotatable bonds is 6. The van der Waals surface area contributed by atoms with Crippen molar-refractivity contribution in [3.8, 4) is 11.5 Å². The minimum atomic E-state index is -0.00528. The predicted molar refractivity (Wildman–Crippen MR) is 91.1 cm³/mol. The summed E-state index contributed by atoms with van der Waals surface area (Å²) in [5, 5.41) is 2.91. The second-order valence-electron chi connectivity index (χ2n) is 5.53. The molecule has 0 aliphatic rings.